The van der Waals surface area contributed by atoms with Gasteiger partial charge in [-0.3, -0.25) is 14.3 Å². The molecular formula is C17H32N3O6+. The standard InChI is InChI=1S/C15H25N3O6.C2H6/c1-3-4-5-17(2)6-9-7-18(15(23)16-13(9)22)14-12(21)11(20)10(8-19)24-14;1-2/h7,10-12,14,19-21H,3-6,8H2,1-2H3,(H,16,22,23);1-2H3/p+1. The first kappa shape index (κ1) is 22.5. The average Bonchev–Trinajstić information content (AvgIpc) is 2.92. The Morgan fingerprint density at radius 2 is 1.92 bits per heavy atom. The number of H-pyrrole nitrogens is 1. The lowest BCUT2D eigenvalue weighted by atomic mass is 10.1. The zero-order valence-electron chi connectivity index (χ0n) is 15.9. The van der Waals surface area contributed by atoms with Gasteiger partial charge in [0.05, 0.1) is 25.8 Å². The minimum Gasteiger partial charge on any atom is -0.394 e. The maximum absolute atomic E-state index is 12.0. The molecule has 2 heterocycles. The van der Waals surface area contributed by atoms with Gasteiger partial charge in [-0.25, -0.2) is 4.79 Å². The molecule has 26 heavy (non-hydrogen) atoms. The van der Waals surface area contributed by atoms with Crippen molar-refractivity contribution >= 4 is 0 Å². The lowest BCUT2D eigenvalue weighted by Gasteiger charge is -2.19. The van der Waals surface area contributed by atoms with Crippen LogP contribution in [0.25, 0.3) is 0 Å². The molecule has 1 aromatic rings. The molecule has 5 N–H and O–H groups in total. The number of aliphatic hydroxyl groups is 3. The second-order valence-electron chi connectivity index (χ2n) is 6.29. The Balaban J connectivity index is 0.00000163. The van der Waals surface area contributed by atoms with Gasteiger partial charge in [0.2, 0.25) is 0 Å². The first-order chi connectivity index (χ1) is 12.4. The molecule has 1 aromatic heterocycles. The predicted molar refractivity (Wildman–Crippen MR) is 96.0 cm³/mol. The number of nitrogens with zero attached hydrogens (tertiary/aromatic N) is 1. The molecule has 0 saturated carbocycles. The Morgan fingerprint density at radius 1 is 1.27 bits per heavy atom. The third kappa shape index (κ3) is 5.24. The van der Waals surface area contributed by atoms with Gasteiger partial charge in [-0.15, -0.1) is 0 Å². The summed E-state index contributed by atoms with van der Waals surface area (Å²) in [7, 11) is 1.96. The van der Waals surface area contributed by atoms with Gasteiger partial charge < -0.3 is 25.0 Å². The maximum Gasteiger partial charge on any atom is 0.330 e. The molecule has 0 bridgehead atoms. The molecule has 5 unspecified atom stereocenters. The SMILES string of the molecule is CC.CCCC[NH+](C)Cc1cn(C2OC(CO)C(O)C2O)c(=O)[nH]c1=O. The van der Waals surface area contributed by atoms with Crippen LogP contribution in [0, 0.1) is 0 Å². The fourth-order valence-corrected chi connectivity index (χ4v) is 2.84. The van der Waals surface area contributed by atoms with Crippen LogP contribution in [-0.4, -0.2) is 63.4 Å². The summed E-state index contributed by atoms with van der Waals surface area (Å²) in [5.41, 5.74) is -0.815. The Labute approximate surface area is 152 Å². The molecule has 1 aliphatic rings. The number of quaternary nitrogens is 1. The first-order valence-electron chi connectivity index (χ1n) is 9.17. The number of aromatic nitrogens is 2. The van der Waals surface area contributed by atoms with E-state index in [0.717, 1.165) is 28.9 Å². The fraction of sp³-hybridized carbons (Fsp3) is 0.765. The number of unbranched alkanes of at least 4 members (excludes halogenated alkanes) is 1. The van der Waals surface area contributed by atoms with Gasteiger partial charge in [0.15, 0.2) is 6.23 Å². The van der Waals surface area contributed by atoms with Gasteiger partial charge in [-0.2, -0.15) is 0 Å². The highest BCUT2D eigenvalue weighted by Crippen LogP contribution is 2.27. The molecule has 0 radical (unpaired) electrons. The van der Waals surface area contributed by atoms with Crippen LogP contribution in [0.4, 0.5) is 0 Å². The molecule has 1 saturated heterocycles. The van der Waals surface area contributed by atoms with Gasteiger partial charge in [-0.1, -0.05) is 27.2 Å². The summed E-state index contributed by atoms with van der Waals surface area (Å²) in [6.45, 7) is 6.92. The van der Waals surface area contributed by atoms with E-state index in [2.05, 4.69) is 11.9 Å². The van der Waals surface area contributed by atoms with Gasteiger partial charge in [-0.05, 0) is 6.42 Å². The molecule has 1 fully saturated rings. The molecule has 150 valence electrons. The number of rotatable bonds is 7. The average molecular weight is 374 g/mol. The second-order valence-corrected chi connectivity index (χ2v) is 6.29. The van der Waals surface area contributed by atoms with Crippen LogP contribution in [0.5, 0.6) is 0 Å². The van der Waals surface area contributed by atoms with Crippen LogP contribution in [0.1, 0.15) is 45.4 Å². The molecule has 0 spiro atoms. The summed E-state index contributed by atoms with van der Waals surface area (Å²) in [6, 6.07) is 0. The van der Waals surface area contributed by atoms with Crippen molar-refractivity contribution in [2.45, 2.75) is 64.7 Å². The molecule has 5 atom stereocenters. The van der Waals surface area contributed by atoms with Gasteiger partial charge >= 0.3 is 5.69 Å². The van der Waals surface area contributed by atoms with E-state index >= 15 is 0 Å². The first-order valence-corrected chi connectivity index (χ1v) is 9.17. The molecular weight excluding hydrogens is 342 g/mol. The van der Waals surface area contributed by atoms with Crippen LogP contribution >= 0.6 is 0 Å². The van der Waals surface area contributed by atoms with Crippen LogP contribution in [0.2, 0.25) is 0 Å². The lowest BCUT2D eigenvalue weighted by molar-refractivity contribution is -0.894. The molecule has 1 aliphatic heterocycles. The predicted octanol–water partition coefficient (Wildman–Crippen LogP) is -2.01. The van der Waals surface area contributed by atoms with E-state index in [0.29, 0.717) is 12.1 Å². The van der Waals surface area contributed by atoms with E-state index < -0.39 is 42.4 Å². The van der Waals surface area contributed by atoms with Gasteiger partial charge in [0, 0.05) is 6.20 Å². The third-order valence-electron chi connectivity index (χ3n) is 4.28. The molecule has 0 aliphatic carbocycles. The van der Waals surface area contributed by atoms with Gasteiger partial charge in [0.1, 0.15) is 24.9 Å². The normalized spacial score (nSPS) is 26.3. The van der Waals surface area contributed by atoms with E-state index in [-0.39, 0.29) is 0 Å². The summed E-state index contributed by atoms with van der Waals surface area (Å²) in [5.74, 6) is 0. The molecule has 9 heteroatoms. The highest BCUT2D eigenvalue weighted by atomic mass is 16.6. The van der Waals surface area contributed by atoms with Crippen LogP contribution in [-0.2, 0) is 11.3 Å². The number of aliphatic hydroxyl groups excluding tert-OH is 3. The molecule has 0 amide bonds. The number of aromatic amines is 1. The Bertz CT molecular complexity index is 659. The van der Waals surface area contributed by atoms with E-state index in [1.165, 1.54) is 6.20 Å². The highest BCUT2D eigenvalue weighted by Gasteiger charge is 2.43. The lowest BCUT2D eigenvalue weighted by Crippen LogP contribution is -3.07. The van der Waals surface area contributed by atoms with Crippen molar-refractivity contribution in [2.75, 3.05) is 20.2 Å². The molecule has 2 rings (SSSR count). The summed E-state index contributed by atoms with van der Waals surface area (Å²) in [5, 5.41) is 29.0. The minimum atomic E-state index is -1.37. The summed E-state index contributed by atoms with van der Waals surface area (Å²) >= 11 is 0. The summed E-state index contributed by atoms with van der Waals surface area (Å²) < 4.78 is 6.41. The largest absolute Gasteiger partial charge is 0.394 e. The van der Waals surface area contributed by atoms with Crippen molar-refractivity contribution in [2.24, 2.45) is 0 Å². The summed E-state index contributed by atoms with van der Waals surface area (Å²) in [6.07, 6.45) is -1.38. The van der Waals surface area contributed by atoms with E-state index in [1.807, 2.05) is 20.9 Å². The second kappa shape index (κ2) is 10.6. The highest BCUT2D eigenvalue weighted by molar-refractivity contribution is 5.04. The molecule has 0 aromatic carbocycles. The smallest absolute Gasteiger partial charge is 0.330 e. The maximum atomic E-state index is 12.0. The number of nitrogens with one attached hydrogen (secondary N) is 2. The topological polar surface area (TPSA) is 129 Å². The fourth-order valence-electron chi connectivity index (χ4n) is 2.84. The zero-order chi connectivity index (χ0) is 19.9. The van der Waals surface area contributed by atoms with Crippen molar-refractivity contribution in [3.05, 3.63) is 32.6 Å². The Kier molecular flexibility index (Phi) is 9.17. The number of hydrogen-bond acceptors (Lipinski definition) is 6. The number of hydrogen-bond donors (Lipinski definition) is 5. The van der Waals surface area contributed by atoms with Crippen molar-refractivity contribution in [3.63, 3.8) is 0 Å². The van der Waals surface area contributed by atoms with Crippen molar-refractivity contribution in [1.82, 2.24) is 9.55 Å². The van der Waals surface area contributed by atoms with Gasteiger partial charge in [0.25, 0.3) is 5.56 Å². The minimum absolute atomic E-state index is 0.390. The molecule has 9 nitrogen and oxygen atoms in total. The van der Waals surface area contributed by atoms with Crippen LogP contribution < -0.4 is 16.1 Å². The van der Waals surface area contributed by atoms with E-state index in [4.69, 9.17) is 9.84 Å². The van der Waals surface area contributed by atoms with Crippen molar-refractivity contribution in [1.29, 1.82) is 0 Å². The Morgan fingerprint density at radius 3 is 2.46 bits per heavy atom. The van der Waals surface area contributed by atoms with Crippen LogP contribution in [0.3, 0.4) is 0 Å². The van der Waals surface area contributed by atoms with Crippen molar-refractivity contribution in [3.8, 4) is 0 Å². The quantitative estimate of drug-likeness (QED) is 0.375. The van der Waals surface area contributed by atoms with E-state index in [9.17, 15) is 19.8 Å². The monoisotopic (exact) mass is 374 g/mol. The van der Waals surface area contributed by atoms with E-state index in [1.54, 1.807) is 0 Å². The van der Waals surface area contributed by atoms with Crippen LogP contribution in [0.15, 0.2) is 15.8 Å². The Hall–Kier alpha value is -1.52. The summed E-state index contributed by atoms with van der Waals surface area (Å²) in [4.78, 5) is 27.4. The third-order valence-corrected chi connectivity index (χ3v) is 4.28. The zero-order valence-corrected chi connectivity index (χ0v) is 15.9. The van der Waals surface area contributed by atoms with Crippen molar-refractivity contribution < 1.29 is 25.0 Å². The number of ether oxygens (including phenoxy) is 1.